The van der Waals surface area contributed by atoms with Crippen LogP contribution in [0, 0.1) is 5.82 Å². The van der Waals surface area contributed by atoms with Crippen LogP contribution in [0.1, 0.15) is 12.5 Å². The number of hydrogen-bond acceptors (Lipinski definition) is 3. The Morgan fingerprint density at radius 1 is 1.24 bits per heavy atom. The molecule has 2 rings (SSSR count). The average Bonchev–Trinajstić information content (AvgIpc) is 2.44. The van der Waals surface area contributed by atoms with Gasteiger partial charge in [0, 0.05) is 9.79 Å². The maximum absolute atomic E-state index is 13.4. The van der Waals surface area contributed by atoms with Crippen molar-refractivity contribution in [2.24, 2.45) is 0 Å². The molecule has 21 heavy (non-hydrogen) atoms. The molecule has 0 fully saturated rings. The molecule has 0 aliphatic rings. The number of hydrogen-bond donors (Lipinski definition) is 1. The molecule has 0 radical (unpaired) electrons. The Balaban J connectivity index is 2.21. The molecule has 0 heterocycles. The fraction of sp³-hybridized carbons (Fsp3) is 0.188. The first-order valence-corrected chi connectivity index (χ1v) is 7.31. The van der Waals surface area contributed by atoms with Gasteiger partial charge in [-0.15, -0.1) is 0 Å². The van der Waals surface area contributed by atoms with Gasteiger partial charge >= 0.3 is 5.97 Å². The van der Waals surface area contributed by atoms with E-state index in [4.69, 9.17) is 9.84 Å². The van der Waals surface area contributed by atoms with E-state index >= 15 is 0 Å². The lowest BCUT2D eigenvalue weighted by molar-refractivity contribution is -0.136. The van der Waals surface area contributed by atoms with E-state index in [-0.39, 0.29) is 12.2 Å². The Hall–Kier alpha value is -2.01. The highest BCUT2D eigenvalue weighted by Crippen LogP contribution is 2.32. The topological polar surface area (TPSA) is 46.5 Å². The van der Waals surface area contributed by atoms with Crippen molar-refractivity contribution in [2.75, 3.05) is 6.61 Å². The van der Waals surface area contributed by atoms with Gasteiger partial charge in [0.15, 0.2) is 0 Å². The fourth-order valence-corrected chi connectivity index (χ4v) is 2.80. The van der Waals surface area contributed by atoms with Crippen molar-refractivity contribution < 1.29 is 19.0 Å². The van der Waals surface area contributed by atoms with Gasteiger partial charge in [0.1, 0.15) is 11.6 Å². The molecule has 0 unspecified atom stereocenters. The monoisotopic (exact) mass is 306 g/mol. The van der Waals surface area contributed by atoms with Crippen molar-refractivity contribution in [2.45, 2.75) is 23.1 Å². The SMILES string of the molecule is CCOc1ccc(Sc2cc(F)ccc2CC(=O)O)cc1. The summed E-state index contributed by atoms with van der Waals surface area (Å²) in [6.07, 6.45) is -0.125. The molecule has 3 nitrogen and oxygen atoms in total. The van der Waals surface area contributed by atoms with E-state index in [1.807, 2.05) is 31.2 Å². The van der Waals surface area contributed by atoms with Gasteiger partial charge < -0.3 is 9.84 Å². The Labute approximate surface area is 126 Å². The third-order valence-corrected chi connectivity index (χ3v) is 3.84. The summed E-state index contributed by atoms with van der Waals surface area (Å²) in [5.74, 6) is -0.542. The minimum Gasteiger partial charge on any atom is -0.494 e. The Bertz CT molecular complexity index is 626. The average molecular weight is 306 g/mol. The van der Waals surface area contributed by atoms with E-state index in [1.165, 1.54) is 30.0 Å². The third-order valence-electron chi connectivity index (χ3n) is 2.73. The molecule has 0 aromatic heterocycles. The second kappa shape index (κ2) is 7.13. The number of carbonyl (C=O) groups is 1. The zero-order valence-electron chi connectivity index (χ0n) is 11.5. The van der Waals surface area contributed by atoms with E-state index in [2.05, 4.69) is 0 Å². The molecule has 5 heteroatoms. The molecule has 110 valence electrons. The zero-order valence-corrected chi connectivity index (χ0v) is 12.3. The fourth-order valence-electron chi connectivity index (χ4n) is 1.83. The smallest absolute Gasteiger partial charge is 0.307 e. The predicted molar refractivity (Wildman–Crippen MR) is 79.5 cm³/mol. The first-order chi connectivity index (χ1) is 10.1. The van der Waals surface area contributed by atoms with Crippen molar-refractivity contribution in [3.63, 3.8) is 0 Å². The van der Waals surface area contributed by atoms with Crippen molar-refractivity contribution in [3.05, 3.63) is 53.8 Å². The van der Waals surface area contributed by atoms with E-state index in [9.17, 15) is 9.18 Å². The maximum atomic E-state index is 13.4. The Kier molecular flexibility index (Phi) is 5.22. The predicted octanol–water partition coefficient (Wildman–Crippen LogP) is 4.00. The van der Waals surface area contributed by atoms with E-state index < -0.39 is 5.97 Å². The van der Waals surface area contributed by atoms with Gasteiger partial charge in [-0.1, -0.05) is 17.8 Å². The highest BCUT2D eigenvalue weighted by molar-refractivity contribution is 7.99. The summed E-state index contributed by atoms with van der Waals surface area (Å²) in [6, 6.07) is 11.6. The number of carboxylic acids is 1. The molecule has 0 aliphatic heterocycles. The summed E-state index contributed by atoms with van der Waals surface area (Å²) in [7, 11) is 0. The van der Waals surface area contributed by atoms with Crippen LogP contribution < -0.4 is 4.74 Å². The normalized spacial score (nSPS) is 10.4. The first-order valence-electron chi connectivity index (χ1n) is 6.49. The van der Waals surface area contributed by atoms with Crippen LogP contribution >= 0.6 is 11.8 Å². The van der Waals surface area contributed by atoms with Crippen molar-refractivity contribution >= 4 is 17.7 Å². The maximum Gasteiger partial charge on any atom is 0.307 e. The first kappa shape index (κ1) is 15.4. The van der Waals surface area contributed by atoms with E-state index in [1.54, 1.807) is 0 Å². The van der Waals surface area contributed by atoms with Gasteiger partial charge in [-0.05, 0) is 48.9 Å². The molecule has 1 N–H and O–H groups in total. The number of benzene rings is 2. The number of rotatable bonds is 6. The lowest BCUT2D eigenvalue weighted by atomic mass is 10.1. The number of ether oxygens (including phenoxy) is 1. The molecular formula is C16H15FO3S. The van der Waals surface area contributed by atoms with Gasteiger partial charge in [-0.2, -0.15) is 0 Å². The van der Waals surface area contributed by atoms with Gasteiger partial charge in [0.05, 0.1) is 13.0 Å². The summed E-state index contributed by atoms with van der Waals surface area (Å²) < 4.78 is 18.7. The second-order valence-electron chi connectivity index (χ2n) is 4.33. The Morgan fingerprint density at radius 3 is 2.57 bits per heavy atom. The number of aliphatic carboxylic acids is 1. The summed E-state index contributed by atoms with van der Waals surface area (Å²) in [4.78, 5) is 12.4. The quantitative estimate of drug-likeness (QED) is 0.876. The molecule has 0 aliphatic carbocycles. The second-order valence-corrected chi connectivity index (χ2v) is 5.44. The summed E-state index contributed by atoms with van der Waals surface area (Å²) >= 11 is 1.34. The van der Waals surface area contributed by atoms with Gasteiger partial charge in [-0.3, -0.25) is 4.79 Å². The van der Waals surface area contributed by atoms with Crippen LogP contribution in [0.15, 0.2) is 52.3 Å². The summed E-state index contributed by atoms with van der Waals surface area (Å²) in [5, 5.41) is 8.90. The molecule has 0 atom stereocenters. The lowest BCUT2D eigenvalue weighted by Crippen LogP contribution is -2.01. The third kappa shape index (κ3) is 4.49. The molecular weight excluding hydrogens is 291 g/mol. The number of carboxylic acid groups (broad SMARTS) is 1. The van der Waals surface area contributed by atoms with Crippen LogP contribution in [0.5, 0.6) is 5.75 Å². The van der Waals surface area contributed by atoms with Gasteiger partial charge in [-0.25, -0.2) is 4.39 Å². The van der Waals surface area contributed by atoms with Crippen LogP contribution in [0.3, 0.4) is 0 Å². The highest BCUT2D eigenvalue weighted by atomic mass is 32.2. The van der Waals surface area contributed by atoms with Crippen molar-refractivity contribution in [3.8, 4) is 5.75 Å². The molecule has 2 aromatic carbocycles. The molecule has 0 spiro atoms. The van der Waals surface area contributed by atoms with Crippen LogP contribution in [0.4, 0.5) is 4.39 Å². The number of halogens is 1. The lowest BCUT2D eigenvalue weighted by Gasteiger charge is -2.09. The van der Waals surface area contributed by atoms with Crippen molar-refractivity contribution in [1.82, 2.24) is 0 Å². The molecule has 0 bridgehead atoms. The van der Waals surface area contributed by atoms with Crippen molar-refractivity contribution in [1.29, 1.82) is 0 Å². The van der Waals surface area contributed by atoms with Gasteiger partial charge in [0.2, 0.25) is 0 Å². The summed E-state index contributed by atoms with van der Waals surface area (Å²) in [5.41, 5.74) is 0.600. The van der Waals surface area contributed by atoms with Crippen LogP contribution in [-0.2, 0) is 11.2 Å². The standard InChI is InChI=1S/C16H15FO3S/c1-2-20-13-5-7-14(8-6-13)21-15-10-12(17)4-3-11(15)9-16(18)19/h3-8,10H,2,9H2,1H3,(H,18,19). The Morgan fingerprint density at radius 2 is 1.95 bits per heavy atom. The van der Waals surface area contributed by atoms with E-state index in [0.29, 0.717) is 17.1 Å². The van der Waals surface area contributed by atoms with E-state index in [0.717, 1.165) is 10.6 Å². The molecule has 2 aromatic rings. The van der Waals surface area contributed by atoms with Gasteiger partial charge in [0.25, 0.3) is 0 Å². The molecule has 0 saturated heterocycles. The minimum absolute atomic E-state index is 0.125. The summed E-state index contributed by atoms with van der Waals surface area (Å²) in [6.45, 7) is 2.51. The molecule has 0 saturated carbocycles. The van der Waals surface area contributed by atoms with Crippen LogP contribution in [0.25, 0.3) is 0 Å². The minimum atomic E-state index is -0.935. The van der Waals surface area contributed by atoms with Crippen LogP contribution in [-0.4, -0.2) is 17.7 Å². The highest BCUT2D eigenvalue weighted by Gasteiger charge is 2.10. The largest absolute Gasteiger partial charge is 0.494 e. The zero-order chi connectivity index (χ0) is 15.2. The molecule has 0 amide bonds. The van der Waals surface area contributed by atoms with Crippen LogP contribution in [0.2, 0.25) is 0 Å².